The highest BCUT2D eigenvalue weighted by Crippen LogP contribution is 2.20. The SMILES string of the molecule is CCn1cc(NS(=O)(=O)c2cc(C)ccc2C)cn1. The first-order valence-corrected chi connectivity index (χ1v) is 7.53. The standard InChI is InChI=1S/C13H17N3O2S/c1-4-16-9-12(8-14-16)15-19(17,18)13-7-10(2)5-6-11(13)3/h5-9,15H,4H2,1-3H3. The molecular weight excluding hydrogens is 262 g/mol. The Morgan fingerprint density at radius 3 is 2.68 bits per heavy atom. The Morgan fingerprint density at radius 2 is 2.05 bits per heavy atom. The van der Waals surface area contributed by atoms with Gasteiger partial charge in [0, 0.05) is 12.7 Å². The van der Waals surface area contributed by atoms with Crippen molar-refractivity contribution in [1.82, 2.24) is 9.78 Å². The topological polar surface area (TPSA) is 64.0 Å². The summed E-state index contributed by atoms with van der Waals surface area (Å²) in [7, 11) is -3.56. The van der Waals surface area contributed by atoms with E-state index in [1.165, 1.54) is 6.20 Å². The third-order valence-electron chi connectivity index (χ3n) is 2.84. The number of rotatable bonds is 4. The summed E-state index contributed by atoms with van der Waals surface area (Å²) in [5, 5.41) is 4.04. The van der Waals surface area contributed by atoms with Gasteiger partial charge in [0.05, 0.1) is 16.8 Å². The lowest BCUT2D eigenvalue weighted by molar-refractivity contribution is 0.600. The molecule has 2 rings (SSSR count). The molecule has 1 aromatic carbocycles. The number of nitrogens with one attached hydrogen (secondary N) is 1. The van der Waals surface area contributed by atoms with Gasteiger partial charge in [-0.3, -0.25) is 9.40 Å². The van der Waals surface area contributed by atoms with Crippen LogP contribution in [0.25, 0.3) is 0 Å². The average Bonchev–Trinajstić information content (AvgIpc) is 2.79. The largest absolute Gasteiger partial charge is 0.276 e. The quantitative estimate of drug-likeness (QED) is 0.934. The van der Waals surface area contributed by atoms with Crippen molar-refractivity contribution in [3.63, 3.8) is 0 Å². The summed E-state index contributed by atoms with van der Waals surface area (Å²) in [4.78, 5) is 0.303. The van der Waals surface area contributed by atoms with Gasteiger partial charge in [-0.05, 0) is 38.0 Å². The highest BCUT2D eigenvalue weighted by atomic mass is 32.2. The first-order chi connectivity index (χ1) is 8.92. The van der Waals surface area contributed by atoms with E-state index in [0.29, 0.717) is 17.1 Å². The van der Waals surface area contributed by atoms with E-state index in [1.54, 1.807) is 29.9 Å². The normalized spacial score (nSPS) is 11.5. The minimum Gasteiger partial charge on any atom is -0.276 e. The molecule has 1 aromatic heterocycles. The lowest BCUT2D eigenvalue weighted by Gasteiger charge is -2.09. The molecule has 1 N–H and O–H groups in total. The minimum absolute atomic E-state index is 0.303. The van der Waals surface area contributed by atoms with Gasteiger partial charge in [-0.25, -0.2) is 8.42 Å². The van der Waals surface area contributed by atoms with Gasteiger partial charge >= 0.3 is 0 Å². The second kappa shape index (κ2) is 5.05. The Morgan fingerprint density at radius 1 is 1.32 bits per heavy atom. The number of hydrogen-bond acceptors (Lipinski definition) is 3. The Balaban J connectivity index is 2.34. The summed E-state index contributed by atoms with van der Waals surface area (Å²) < 4.78 is 28.9. The molecule has 0 radical (unpaired) electrons. The van der Waals surface area contributed by atoms with Crippen LogP contribution in [0.15, 0.2) is 35.5 Å². The van der Waals surface area contributed by atoms with E-state index in [-0.39, 0.29) is 0 Å². The number of benzene rings is 1. The molecule has 19 heavy (non-hydrogen) atoms. The number of aromatic nitrogens is 2. The second-order valence-corrected chi connectivity index (χ2v) is 6.11. The monoisotopic (exact) mass is 279 g/mol. The Labute approximate surface area is 113 Å². The summed E-state index contributed by atoms with van der Waals surface area (Å²) >= 11 is 0. The first-order valence-electron chi connectivity index (χ1n) is 6.05. The molecule has 0 fully saturated rings. The van der Waals surface area contributed by atoms with Crippen LogP contribution in [0.1, 0.15) is 18.1 Å². The fourth-order valence-corrected chi connectivity index (χ4v) is 3.15. The zero-order chi connectivity index (χ0) is 14.0. The number of sulfonamides is 1. The van der Waals surface area contributed by atoms with E-state index >= 15 is 0 Å². The van der Waals surface area contributed by atoms with Crippen molar-refractivity contribution in [2.75, 3.05) is 4.72 Å². The van der Waals surface area contributed by atoms with Crippen molar-refractivity contribution in [2.45, 2.75) is 32.2 Å². The maximum atomic E-state index is 12.3. The van der Waals surface area contributed by atoms with E-state index in [9.17, 15) is 8.42 Å². The maximum Gasteiger partial charge on any atom is 0.262 e. The Hall–Kier alpha value is -1.82. The van der Waals surface area contributed by atoms with Crippen LogP contribution in [-0.2, 0) is 16.6 Å². The number of aryl methyl sites for hydroxylation is 3. The molecule has 1 heterocycles. The van der Waals surface area contributed by atoms with Gasteiger partial charge in [0.2, 0.25) is 0 Å². The summed E-state index contributed by atoms with van der Waals surface area (Å²) in [6, 6.07) is 5.37. The number of hydrogen-bond donors (Lipinski definition) is 1. The smallest absolute Gasteiger partial charge is 0.262 e. The van der Waals surface area contributed by atoms with Crippen LogP contribution < -0.4 is 4.72 Å². The van der Waals surface area contributed by atoms with Gasteiger partial charge in [0.15, 0.2) is 0 Å². The van der Waals surface area contributed by atoms with Crippen LogP contribution in [-0.4, -0.2) is 18.2 Å². The number of anilines is 1. The third-order valence-corrected chi connectivity index (χ3v) is 4.37. The van der Waals surface area contributed by atoms with Crippen molar-refractivity contribution in [2.24, 2.45) is 0 Å². The summed E-state index contributed by atoms with van der Waals surface area (Å²) in [6.45, 7) is 6.29. The average molecular weight is 279 g/mol. The second-order valence-electron chi connectivity index (χ2n) is 4.46. The predicted octanol–water partition coefficient (Wildman–Crippen LogP) is 2.32. The van der Waals surface area contributed by atoms with E-state index < -0.39 is 10.0 Å². The molecule has 0 aliphatic rings. The van der Waals surface area contributed by atoms with Crippen molar-refractivity contribution < 1.29 is 8.42 Å². The van der Waals surface area contributed by atoms with Crippen molar-refractivity contribution in [3.8, 4) is 0 Å². The molecule has 0 bridgehead atoms. The van der Waals surface area contributed by atoms with E-state index in [0.717, 1.165) is 11.1 Å². The fraction of sp³-hybridized carbons (Fsp3) is 0.308. The van der Waals surface area contributed by atoms with Gasteiger partial charge in [0.25, 0.3) is 10.0 Å². The lowest BCUT2D eigenvalue weighted by atomic mass is 10.2. The van der Waals surface area contributed by atoms with Crippen molar-refractivity contribution in [1.29, 1.82) is 0 Å². The predicted molar refractivity (Wildman–Crippen MR) is 74.6 cm³/mol. The summed E-state index contributed by atoms with van der Waals surface area (Å²) in [6.07, 6.45) is 3.18. The molecule has 0 spiro atoms. The first kappa shape index (κ1) is 13.6. The molecule has 0 saturated carbocycles. The third kappa shape index (κ3) is 2.96. The van der Waals surface area contributed by atoms with Gasteiger partial charge in [0.1, 0.15) is 0 Å². The molecule has 0 saturated heterocycles. The summed E-state index contributed by atoms with van der Waals surface area (Å²) in [5.41, 5.74) is 2.11. The molecule has 102 valence electrons. The highest BCUT2D eigenvalue weighted by molar-refractivity contribution is 7.92. The Bertz CT molecular complexity index is 690. The highest BCUT2D eigenvalue weighted by Gasteiger charge is 2.17. The van der Waals surface area contributed by atoms with Crippen LogP contribution in [0.5, 0.6) is 0 Å². The molecule has 0 amide bonds. The molecular formula is C13H17N3O2S. The molecule has 0 aliphatic carbocycles. The van der Waals surface area contributed by atoms with Crippen LogP contribution in [0, 0.1) is 13.8 Å². The van der Waals surface area contributed by atoms with E-state index in [1.807, 2.05) is 19.9 Å². The van der Waals surface area contributed by atoms with Crippen molar-refractivity contribution >= 4 is 15.7 Å². The van der Waals surface area contributed by atoms with E-state index in [2.05, 4.69) is 9.82 Å². The van der Waals surface area contributed by atoms with Gasteiger partial charge in [-0.1, -0.05) is 12.1 Å². The van der Waals surface area contributed by atoms with Crippen LogP contribution >= 0.6 is 0 Å². The Kier molecular flexibility index (Phi) is 3.61. The van der Waals surface area contributed by atoms with Gasteiger partial charge in [-0.15, -0.1) is 0 Å². The minimum atomic E-state index is -3.56. The van der Waals surface area contributed by atoms with Gasteiger partial charge < -0.3 is 0 Å². The molecule has 0 aliphatic heterocycles. The number of nitrogens with zero attached hydrogens (tertiary/aromatic N) is 2. The van der Waals surface area contributed by atoms with Crippen LogP contribution in [0.2, 0.25) is 0 Å². The van der Waals surface area contributed by atoms with Gasteiger partial charge in [-0.2, -0.15) is 5.10 Å². The molecule has 0 atom stereocenters. The lowest BCUT2D eigenvalue weighted by Crippen LogP contribution is -2.14. The maximum absolute atomic E-state index is 12.3. The van der Waals surface area contributed by atoms with Crippen LogP contribution in [0.3, 0.4) is 0 Å². The zero-order valence-electron chi connectivity index (χ0n) is 11.2. The van der Waals surface area contributed by atoms with E-state index in [4.69, 9.17) is 0 Å². The molecule has 6 heteroatoms. The molecule has 5 nitrogen and oxygen atoms in total. The molecule has 2 aromatic rings. The fourth-order valence-electron chi connectivity index (χ4n) is 1.80. The van der Waals surface area contributed by atoms with Crippen LogP contribution in [0.4, 0.5) is 5.69 Å². The molecule has 0 unspecified atom stereocenters. The zero-order valence-corrected chi connectivity index (χ0v) is 12.0. The van der Waals surface area contributed by atoms with Crippen molar-refractivity contribution in [3.05, 3.63) is 41.7 Å². The summed E-state index contributed by atoms with van der Waals surface area (Å²) in [5.74, 6) is 0.